The van der Waals surface area contributed by atoms with Crippen molar-refractivity contribution in [1.82, 2.24) is 9.97 Å². The van der Waals surface area contributed by atoms with E-state index in [0.717, 1.165) is 29.0 Å². The van der Waals surface area contributed by atoms with Crippen LogP contribution in [0.5, 0.6) is 5.75 Å². The molecule has 2 aromatic heterocycles. The zero-order valence-corrected chi connectivity index (χ0v) is 15.3. The number of rotatable bonds is 6. The van der Waals surface area contributed by atoms with Crippen LogP contribution in [0.4, 0.5) is 5.82 Å². The Morgan fingerprint density at radius 1 is 1.12 bits per heavy atom. The smallest absolute Gasteiger partial charge is 0.225 e. The van der Waals surface area contributed by atoms with Gasteiger partial charge in [-0.1, -0.05) is 25.3 Å². The van der Waals surface area contributed by atoms with E-state index in [1.54, 1.807) is 6.26 Å². The zero-order valence-electron chi connectivity index (χ0n) is 14.6. The highest BCUT2D eigenvalue weighted by molar-refractivity contribution is 6.29. The average Bonchev–Trinajstić information content (AvgIpc) is 3.19. The molecule has 3 aromatic rings. The number of anilines is 1. The van der Waals surface area contributed by atoms with Crippen LogP contribution in [-0.2, 0) is 6.54 Å². The van der Waals surface area contributed by atoms with Crippen LogP contribution in [0.2, 0.25) is 5.28 Å². The van der Waals surface area contributed by atoms with Gasteiger partial charge in [-0.05, 0) is 54.6 Å². The minimum atomic E-state index is 0.202. The molecule has 6 heteroatoms. The first-order valence-corrected chi connectivity index (χ1v) is 9.53. The largest absolute Gasteiger partial charge is 0.491 e. The number of nitrogens with one attached hydrogen (secondary N) is 1. The standard InChI is InChI=1S/C20H22ClN3O2/c21-20-23-18-16(19(24-20)22-12-15-8-5-11-25-15)9-4-10-17(18)26-13-14-6-2-1-3-7-14/h4-5,8-11,14H,1-3,6-7,12-13H2,(H,22,23,24). The summed E-state index contributed by atoms with van der Waals surface area (Å²) in [6, 6.07) is 9.66. The van der Waals surface area contributed by atoms with E-state index < -0.39 is 0 Å². The second-order valence-electron chi connectivity index (χ2n) is 6.74. The maximum Gasteiger partial charge on any atom is 0.225 e. The minimum Gasteiger partial charge on any atom is -0.491 e. The van der Waals surface area contributed by atoms with Crippen molar-refractivity contribution in [2.45, 2.75) is 38.6 Å². The molecular weight excluding hydrogens is 350 g/mol. The van der Waals surface area contributed by atoms with Crippen LogP contribution in [0.15, 0.2) is 41.0 Å². The van der Waals surface area contributed by atoms with Crippen molar-refractivity contribution in [2.24, 2.45) is 5.92 Å². The van der Waals surface area contributed by atoms with E-state index in [1.165, 1.54) is 32.1 Å². The van der Waals surface area contributed by atoms with Gasteiger partial charge in [0.05, 0.1) is 19.4 Å². The summed E-state index contributed by atoms with van der Waals surface area (Å²) in [5.41, 5.74) is 0.741. The van der Waals surface area contributed by atoms with Crippen LogP contribution in [0.1, 0.15) is 37.9 Å². The molecule has 1 N–H and O–H groups in total. The van der Waals surface area contributed by atoms with Crippen LogP contribution in [0, 0.1) is 5.92 Å². The fourth-order valence-electron chi connectivity index (χ4n) is 3.50. The number of hydrogen-bond donors (Lipinski definition) is 1. The van der Waals surface area contributed by atoms with Crippen molar-refractivity contribution in [1.29, 1.82) is 0 Å². The first-order chi connectivity index (χ1) is 12.8. The molecule has 4 rings (SSSR count). The number of fused-ring (bicyclic) bond motifs is 1. The van der Waals surface area contributed by atoms with Crippen molar-refractivity contribution < 1.29 is 9.15 Å². The van der Waals surface area contributed by atoms with E-state index in [9.17, 15) is 0 Å². The lowest BCUT2D eigenvalue weighted by Gasteiger charge is -2.22. The van der Waals surface area contributed by atoms with Gasteiger partial charge in [-0.3, -0.25) is 0 Å². The Balaban J connectivity index is 1.56. The minimum absolute atomic E-state index is 0.202. The molecule has 0 bridgehead atoms. The molecule has 26 heavy (non-hydrogen) atoms. The maximum atomic E-state index is 6.16. The number of para-hydroxylation sites is 1. The fraction of sp³-hybridized carbons (Fsp3) is 0.400. The first kappa shape index (κ1) is 17.2. The number of ether oxygens (including phenoxy) is 1. The second kappa shape index (κ2) is 7.96. The summed E-state index contributed by atoms with van der Waals surface area (Å²) in [5.74, 6) is 2.91. The van der Waals surface area contributed by atoms with Gasteiger partial charge in [0, 0.05) is 5.39 Å². The predicted octanol–water partition coefficient (Wildman–Crippen LogP) is 5.45. The molecule has 5 nitrogen and oxygen atoms in total. The van der Waals surface area contributed by atoms with Crippen LogP contribution in [0.3, 0.4) is 0 Å². The average molecular weight is 372 g/mol. The predicted molar refractivity (Wildman–Crippen MR) is 103 cm³/mol. The van der Waals surface area contributed by atoms with Crippen LogP contribution in [-0.4, -0.2) is 16.6 Å². The first-order valence-electron chi connectivity index (χ1n) is 9.15. The number of furan rings is 1. The van der Waals surface area contributed by atoms with E-state index in [2.05, 4.69) is 15.3 Å². The molecule has 1 saturated carbocycles. The van der Waals surface area contributed by atoms with Crippen LogP contribution < -0.4 is 10.1 Å². The Labute approximate surface area is 157 Å². The molecule has 1 aromatic carbocycles. The molecule has 0 aliphatic heterocycles. The molecule has 1 fully saturated rings. The summed E-state index contributed by atoms with van der Waals surface area (Å²) >= 11 is 6.16. The topological polar surface area (TPSA) is 60.2 Å². The number of hydrogen-bond acceptors (Lipinski definition) is 5. The monoisotopic (exact) mass is 371 g/mol. The van der Waals surface area contributed by atoms with Gasteiger partial charge in [0.2, 0.25) is 5.28 Å². The van der Waals surface area contributed by atoms with E-state index in [0.29, 0.717) is 18.3 Å². The molecule has 1 aliphatic carbocycles. The Hall–Kier alpha value is -2.27. The highest BCUT2D eigenvalue weighted by Crippen LogP contribution is 2.31. The summed E-state index contributed by atoms with van der Waals surface area (Å²) in [7, 11) is 0. The van der Waals surface area contributed by atoms with E-state index in [1.807, 2.05) is 30.3 Å². The van der Waals surface area contributed by atoms with Gasteiger partial charge in [-0.25, -0.2) is 9.97 Å². The second-order valence-corrected chi connectivity index (χ2v) is 7.08. The van der Waals surface area contributed by atoms with Gasteiger partial charge in [-0.15, -0.1) is 0 Å². The molecule has 0 unspecified atom stereocenters. The molecule has 2 heterocycles. The van der Waals surface area contributed by atoms with E-state index >= 15 is 0 Å². The Morgan fingerprint density at radius 2 is 2.00 bits per heavy atom. The summed E-state index contributed by atoms with van der Waals surface area (Å²) in [6.07, 6.45) is 8.10. The van der Waals surface area contributed by atoms with E-state index in [-0.39, 0.29) is 5.28 Å². The number of halogens is 1. The van der Waals surface area contributed by atoms with Crippen molar-refractivity contribution in [3.8, 4) is 5.75 Å². The van der Waals surface area contributed by atoms with Gasteiger partial charge in [0.15, 0.2) is 0 Å². The molecule has 136 valence electrons. The quantitative estimate of drug-likeness (QED) is 0.584. The third-order valence-corrected chi connectivity index (χ3v) is 5.04. The van der Waals surface area contributed by atoms with Gasteiger partial charge >= 0.3 is 0 Å². The van der Waals surface area contributed by atoms with Crippen LogP contribution in [0.25, 0.3) is 10.9 Å². The summed E-state index contributed by atoms with van der Waals surface area (Å²) in [4.78, 5) is 8.75. The Bertz CT molecular complexity index is 861. The SMILES string of the molecule is Clc1nc(NCc2ccco2)c2cccc(OCC3CCCCC3)c2n1. The van der Waals surface area contributed by atoms with Crippen molar-refractivity contribution >= 4 is 28.3 Å². The number of benzene rings is 1. The molecular formula is C20H22ClN3O2. The lowest BCUT2D eigenvalue weighted by atomic mass is 9.90. The van der Waals surface area contributed by atoms with Crippen LogP contribution >= 0.6 is 11.6 Å². The third kappa shape index (κ3) is 3.93. The highest BCUT2D eigenvalue weighted by Gasteiger charge is 2.16. The third-order valence-electron chi connectivity index (χ3n) is 4.87. The molecule has 0 amide bonds. The van der Waals surface area contributed by atoms with Gasteiger partial charge in [0.1, 0.15) is 22.8 Å². The Kier molecular flexibility index (Phi) is 5.25. The fourth-order valence-corrected chi connectivity index (χ4v) is 3.66. The Morgan fingerprint density at radius 3 is 2.81 bits per heavy atom. The molecule has 0 atom stereocenters. The van der Waals surface area contributed by atoms with E-state index in [4.69, 9.17) is 20.8 Å². The molecule has 0 spiro atoms. The van der Waals surface area contributed by atoms with Gasteiger partial charge in [0.25, 0.3) is 0 Å². The zero-order chi connectivity index (χ0) is 17.8. The molecule has 0 radical (unpaired) electrons. The normalized spacial score (nSPS) is 15.3. The van der Waals surface area contributed by atoms with Crippen molar-refractivity contribution in [3.05, 3.63) is 47.6 Å². The molecule has 1 aliphatic rings. The van der Waals surface area contributed by atoms with Gasteiger partial charge in [-0.2, -0.15) is 0 Å². The molecule has 0 saturated heterocycles. The maximum absolute atomic E-state index is 6.16. The summed E-state index contributed by atoms with van der Waals surface area (Å²) in [6.45, 7) is 1.26. The number of nitrogens with zero attached hydrogens (tertiary/aromatic N) is 2. The van der Waals surface area contributed by atoms with Gasteiger partial charge < -0.3 is 14.5 Å². The lowest BCUT2D eigenvalue weighted by Crippen LogP contribution is -2.15. The highest BCUT2D eigenvalue weighted by atomic mass is 35.5. The summed E-state index contributed by atoms with van der Waals surface area (Å²) in [5, 5.41) is 4.37. The van der Waals surface area contributed by atoms with Crippen molar-refractivity contribution in [2.75, 3.05) is 11.9 Å². The van der Waals surface area contributed by atoms with Crippen molar-refractivity contribution in [3.63, 3.8) is 0 Å². The lowest BCUT2D eigenvalue weighted by molar-refractivity contribution is 0.210. The number of aromatic nitrogens is 2. The summed E-state index contributed by atoms with van der Waals surface area (Å²) < 4.78 is 11.5.